The molecule has 0 bridgehead atoms. The third-order valence-electron chi connectivity index (χ3n) is 4.78. The Bertz CT molecular complexity index is 799. The highest BCUT2D eigenvalue weighted by Crippen LogP contribution is 2.27. The van der Waals surface area contributed by atoms with Crippen molar-refractivity contribution in [3.05, 3.63) is 53.0 Å². The average molecular weight is 341 g/mol. The van der Waals surface area contributed by atoms with Crippen LogP contribution in [0, 0.1) is 12.7 Å². The van der Waals surface area contributed by atoms with Crippen molar-refractivity contribution in [1.29, 1.82) is 0 Å². The summed E-state index contributed by atoms with van der Waals surface area (Å²) in [5.74, 6) is 1.36. The molecule has 0 aliphatic carbocycles. The highest BCUT2D eigenvalue weighted by Gasteiger charge is 2.26. The van der Waals surface area contributed by atoms with Crippen LogP contribution in [0.25, 0.3) is 0 Å². The normalized spacial score (nSPS) is 17.4. The number of carbonyl (C=O) groups is 1. The Morgan fingerprint density at radius 3 is 2.68 bits per heavy atom. The number of fused-ring (bicyclic) bond motifs is 1. The molecule has 1 N–H and O–H groups in total. The summed E-state index contributed by atoms with van der Waals surface area (Å²) in [7, 11) is 0. The first-order valence-electron chi connectivity index (χ1n) is 8.56. The summed E-state index contributed by atoms with van der Waals surface area (Å²) >= 11 is 0. The summed E-state index contributed by atoms with van der Waals surface area (Å²) in [5.41, 5.74) is 2.54. The summed E-state index contributed by atoms with van der Waals surface area (Å²) in [6.07, 6.45) is 1.89. The maximum atomic E-state index is 13.0. The van der Waals surface area contributed by atoms with Crippen LogP contribution in [-0.2, 0) is 6.54 Å². The fourth-order valence-electron chi connectivity index (χ4n) is 3.44. The van der Waals surface area contributed by atoms with Gasteiger partial charge in [0.1, 0.15) is 23.5 Å². The van der Waals surface area contributed by atoms with Crippen molar-refractivity contribution in [2.24, 2.45) is 0 Å². The molecule has 6 heteroatoms. The minimum Gasteiger partial charge on any atom is -0.490 e. The Hall–Kier alpha value is -2.63. The molecule has 1 aromatic heterocycles. The van der Waals surface area contributed by atoms with Gasteiger partial charge in [-0.15, -0.1) is 0 Å². The van der Waals surface area contributed by atoms with Gasteiger partial charge in [-0.3, -0.25) is 4.79 Å². The molecule has 2 aliphatic rings. The third-order valence-corrected chi connectivity index (χ3v) is 4.78. The number of pyridine rings is 1. The number of nitrogens with one attached hydrogen (secondary N) is 1. The van der Waals surface area contributed by atoms with E-state index in [9.17, 15) is 9.18 Å². The summed E-state index contributed by atoms with van der Waals surface area (Å²) in [5, 5.41) is 2.81. The standard InChI is InChI=1S/C19H20FN3O2/c1-12-10-16-17(11-21-19(16)24)22-18(12)23-8-6-15(7-9-23)25-14-4-2-13(20)3-5-14/h2-5,10,15H,6-9,11H2,1H3,(H,21,24). The predicted octanol–water partition coefficient (Wildman–Crippen LogP) is 2.82. The number of hydrogen-bond acceptors (Lipinski definition) is 4. The summed E-state index contributed by atoms with van der Waals surface area (Å²) in [6, 6.07) is 8.09. The van der Waals surface area contributed by atoms with E-state index in [1.807, 2.05) is 13.0 Å². The van der Waals surface area contributed by atoms with Crippen molar-refractivity contribution in [1.82, 2.24) is 10.3 Å². The van der Waals surface area contributed by atoms with Gasteiger partial charge in [0.05, 0.1) is 17.8 Å². The van der Waals surface area contributed by atoms with E-state index >= 15 is 0 Å². The van der Waals surface area contributed by atoms with E-state index in [-0.39, 0.29) is 17.8 Å². The third kappa shape index (κ3) is 3.16. The molecular weight excluding hydrogens is 321 g/mol. The van der Waals surface area contributed by atoms with Gasteiger partial charge in [-0.05, 0) is 42.8 Å². The van der Waals surface area contributed by atoms with Crippen molar-refractivity contribution in [3.8, 4) is 5.75 Å². The van der Waals surface area contributed by atoms with Crippen LogP contribution in [-0.4, -0.2) is 30.1 Å². The van der Waals surface area contributed by atoms with Gasteiger partial charge in [0.25, 0.3) is 5.91 Å². The van der Waals surface area contributed by atoms with E-state index in [0.29, 0.717) is 17.9 Å². The molecule has 0 atom stereocenters. The summed E-state index contributed by atoms with van der Waals surface area (Å²) in [4.78, 5) is 18.7. The Morgan fingerprint density at radius 2 is 1.96 bits per heavy atom. The number of amides is 1. The molecule has 1 saturated heterocycles. The quantitative estimate of drug-likeness (QED) is 0.933. The lowest BCUT2D eigenvalue weighted by molar-refractivity contribution is 0.0965. The lowest BCUT2D eigenvalue weighted by atomic mass is 10.1. The number of rotatable bonds is 3. The lowest BCUT2D eigenvalue weighted by Crippen LogP contribution is -2.39. The van der Waals surface area contributed by atoms with Gasteiger partial charge < -0.3 is 15.0 Å². The molecule has 1 aromatic carbocycles. The molecule has 1 fully saturated rings. The molecule has 3 heterocycles. The number of hydrogen-bond donors (Lipinski definition) is 1. The zero-order valence-corrected chi connectivity index (χ0v) is 14.1. The van der Waals surface area contributed by atoms with E-state index in [1.54, 1.807) is 12.1 Å². The highest BCUT2D eigenvalue weighted by atomic mass is 19.1. The van der Waals surface area contributed by atoms with Crippen LogP contribution in [0.3, 0.4) is 0 Å². The Kier molecular flexibility index (Phi) is 4.03. The number of anilines is 1. The Labute approximate surface area is 145 Å². The molecule has 25 heavy (non-hydrogen) atoms. The zero-order valence-electron chi connectivity index (χ0n) is 14.1. The van der Waals surface area contributed by atoms with Gasteiger partial charge in [-0.2, -0.15) is 0 Å². The van der Waals surface area contributed by atoms with Gasteiger partial charge >= 0.3 is 0 Å². The number of benzene rings is 1. The Balaban J connectivity index is 1.42. The number of carbonyl (C=O) groups excluding carboxylic acids is 1. The maximum Gasteiger partial charge on any atom is 0.253 e. The molecule has 2 aromatic rings. The molecule has 5 nitrogen and oxygen atoms in total. The number of halogens is 1. The first-order valence-corrected chi connectivity index (χ1v) is 8.56. The molecule has 0 radical (unpaired) electrons. The van der Waals surface area contributed by atoms with Crippen LogP contribution in [0.1, 0.15) is 34.5 Å². The molecule has 4 rings (SSSR count). The van der Waals surface area contributed by atoms with E-state index in [1.165, 1.54) is 12.1 Å². The van der Waals surface area contributed by atoms with Crippen molar-refractivity contribution >= 4 is 11.7 Å². The lowest BCUT2D eigenvalue weighted by Gasteiger charge is -2.34. The molecule has 2 aliphatic heterocycles. The van der Waals surface area contributed by atoms with E-state index in [4.69, 9.17) is 9.72 Å². The van der Waals surface area contributed by atoms with Crippen molar-refractivity contribution < 1.29 is 13.9 Å². The number of aromatic nitrogens is 1. The van der Waals surface area contributed by atoms with E-state index in [2.05, 4.69) is 10.2 Å². The maximum absolute atomic E-state index is 13.0. The SMILES string of the molecule is Cc1cc2c(nc1N1CCC(Oc3ccc(F)cc3)CC1)CNC2=O. The second-order valence-corrected chi connectivity index (χ2v) is 6.56. The van der Waals surface area contributed by atoms with Crippen molar-refractivity contribution in [2.45, 2.75) is 32.4 Å². The first kappa shape index (κ1) is 15.9. The fourth-order valence-corrected chi connectivity index (χ4v) is 3.44. The zero-order chi connectivity index (χ0) is 17.4. The first-order chi connectivity index (χ1) is 12.1. The van der Waals surface area contributed by atoms with Crippen LogP contribution in [0.4, 0.5) is 10.2 Å². The largest absolute Gasteiger partial charge is 0.490 e. The molecule has 0 unspecified atom stereocenters. The summed E-state index contributed by atoms with van der Waals surface area (Å²) < 4.78 is 18.9. The van der Waals surface area contributed by atoms with E-state index in [0.717, 1.165) is 43.0 Å². The fraction of sp³-hybridized carbons (Fsp3) is 0.368. The Morgan fingerprint density at radius 1 is 1.24 bits per heavy atom. The minimum absolute atomic E-state index is 0.0384. The van der Waals surface area contributed by atoms with Gasteiger partial charge in [0, 0.05) is 25.9 Å². The van der Waals surface area contributed by atoms with Gasteiger partial charge in [0.15, 0.2) is 0 Å². The van der Waals surface area contributed by atoms with Gasteiger partial charge in [-0.25, -0.2) is 9.37 Å². The second-order valence-electron chi connectivity index (χ2n) is 6.56. The molecule has 130 valence electrons. The van der Waals surface area contributed by atoms with Crippen LogP contribution in [0.2, 0.25) is 0 Å². The van der Waals surface area contributed by atoms with Crippen molar-refractivity contribution in [3.63, 3.8) is 0 Å². The number of nitrogens with zero attached hydrogens (tertiary/aromatic N) is 2. The van der Waals surface area contributed by atoms with Crippen LogP contribution in [0.15, 0.2) is 30.3 Å². The predicted molar refractivity (Wildman–Crippen MR) is 92.4 cm³/mol. The van der Waals surface area contributed by atoms with E-state index < -0.39 is 0 Å². The number of ether oxygens (including phenoxy) is 1. The molecule has 0 saturated carbocycles. The van der Waals surface area contributed by atoms with Gasteiger partial charge in [0.2, 0.25) is 0 Å². The van der Waals surface area contributed by atoms with Gasteiger partial charge in [-0.1, -0.05) is 0 Å². The molecular formula is C19H20FN3O2. The second kappa shape index (κ2) is 6.35. The van der Waals surface area contributed by atoms with Crippen LogP contribution < -0.4 is 15.0 Å². The smallest absolute Gasteiger partial charge is 0.253 e. The molecule has 1 amide bonds. The van der Waals surface area contributed by atoms with Crippen LogP contribution in [0.5, 0.6) is 5.75 Å². The topological polar surface area (TPSA) is 54.5 Å². The van der Waals surface area contributed by atoms with Crippen molar-refractivity contribution in [2.75, 3.05) is 18.0 Å². The van der Waals surface area contributed by atoms with Crippen LogP contribution >= 0.6 is 0 Å². The molecule has 0 spiro atoms. The highest BCUT2D eigenvalue weighted by molar-refractivity contribution is 5.98. The number of piperidine rings is 1. The monoisotopic (exact) mass is 341 g/mol. The average Bonchev–Trinajstić information content (AvgIpc) is 2.97. The summed E-state index contributed by atoms with van der Waals surface area (Å²) in [6.45, 7) is 4.20. The number of aryl methyl sites for hydroxylation is 1. The minimum atomic E-state index is -0.256.